The van der Waals surface area contributed by atoms with Crippen molar-refractivity contribution in [3.8, 4) is 5.75 Å². The lowest BCUT2D eigenvalue weighted by Gasteiger charge is -2.22. The molecule has 1 atom stereocenters. The second-order valence-corrected chi connectivity index (χ2v) is 6.82. The molecule has 0 saturated carbocycles. The molecular weight excluding hydrogens is 339 g/mol. The fraction of sp³-hybridized carbons (Fsp3) is 0.533. The zero-order valence-corrected chi connectivity index (χ0v) is 14.0. The Morgan fingerprint density at radius 1 is 1.52 bits per heavy atom. The van der Waals surface area contributed by atoms with Crippen LogP contribution in [-0.4, -0.2) is 29.6 Å². The molecule has 21 heavy (non-hydrogen) atoms. The lowest BCUT2D eigenvalue weighted by molar-refractivity contribution is 0.0269. The molecule has 0 aromatic heterocycles. The van der Waals surface area contributed by atoms with E-state index in [1.165, 1.54) is 6.07 Å². The van der Waals surface area contributed by atoms with E-state index in [0.29, 0.717) is 4.47 Å². The van der Waals surface area contributed by atoms with Crippen LogP contribution < -0.4 is 10.2 Å². The van der Waals surface area contributed by atoms with Gasteiger partial charge in [-0.05, 0) is 48.3 Å². The van der Waals surface area contributed by atoms with E-state index in [1.54, 1.807) is 19.9 Å². The van der Waals surface area contributed by atoms with Crippen LogP contribution in [0.2, 0.25) is 0 Å². The van der Waals surface area contributed by atoms with Crippen molar-refractivity contribution in [3.05, 3.63) is 28.0 Å². The number of rotatable bonds is 4. The van der Waals surface area contributed by atoms with Crippen molar-refractivity contribution in [2.24, 2.45) is 11.0 Å². The Labute approximate surface area is 132 Å². The fourth-order valence-electron chi connectivity index (χ4n) is 2.11. The fourth-order valence-corrected chi connectivity index (χ4v) is 2.66. The van der Waals surface area contributed by atoms with E-state index in [4.69, 9.17) is 4.74 Å². The van der Waals surface area contributed by atoms with Crippen LogP contribution in [0, 0.1) is 11.7 Å². The third-order valence-corrected chi connectivity index (χ3v) is 3.81. The molecule has 0 radical (unpaired) electrons. The highest BCUT2D eigenvalue weighted by molar-refractivity contribution is 9.10. The molecule has 1 aromatic rings. The highest BCUT2D eigenvalue weighted by Gasteiger charge is 2.21. The predicted molar refractivity (Wildman–Crippen MR) is 84.2 cm³/mol. The highest BCUT2D eigenvalue weighted by Crippen LogP contribution is 2.32. The molecule has 1 aliphatic rings. The standard InChI is InChI=1S/C15H20BrFN2O2/c1-9-4-5-18-19-13(9)10-6-11(16)14(12(17)7-10)21-8-15(2,3)20/h6-7,9,18,20H,4-5,8H2,1-3H3. The zero-order valence-electron chi connectivity index (χ0n) is 12.4. The number of nitrogens with one attached hydrogen (secondary N) is 1. The first-order valence-electron chi connectivity index (χ1n) is 6.93. The van der Waals surface area contributed by atoms with E-state index in [0.717, 1.165) is 24.2 Å². The van der Waals surface area contributed by atoms with Gasteiger partial charge in [0, 0.05) is 18.0 Å². The van der Waals surface area contributed by atoms with Crippen molar-refractivity contribution in [1.29, 1.82) is 0 Å². The second kappa shape index (κ2) is 6.32. The molecule has 1 unspecified atom stereocenters. The van der Waals surface area contributed by atoms with E-state index in [2.05, 4.69) is 33.4 Å². The number of aliphatic hydroxyl groups is 1. The first-order chi connectivity index (χ1) is 9.78. The summed E-state index contributed by atoms with van der Waals surface area (Å²) in [5.74, 6) is -0.0808. The molecule has 2 rings (SSSR count). The average molecular weight is 359 g/mol. The summed E-state index contributed by atoms with van der Waals surface area (Å²) in [6.07, 6.45) is 0.967. The summed E-state index contributed by atoms with van der Waals surface area (Å²) in [7, 11) is 0. The summed E-state index contributed by atoms with van der Waals surface area (Å²) in [6.45, 7) is 6.14. The average Bonchev–Trinajstić information content (AvgIpc) is 2.36. The topological polar surface area (TPSA) is 53.9 Å². The molecule has 1 heterocycles. The van der Waals surface area contributed by atoms with Crippen LogP contribution in [0.1, 0.15) is 32.8 Å². The van der Waals surface area contributed by atoms with Gasteiger partial charge in [-0.25, -0.2) is 4.39 Å². The minimum absolute atomic E-state index is 0.0147. The number of ether oxygens (including phenoxy) is 1. The van der Waals surface area contributed by atoms with E-state index in [-0.39, 0.29) is 18.3 Å². The summed E-state index contributed by atoms with van der Waals surface area (Å²) in [4.78, 5) is 0. The number of halogens is 2. The third-order valence-electron chi connectivity index (χ3n) is 3.22. The van der Waals surface area contributed by atoms with E-state index >= 15 is 0 Å². The van der Waals surface area contributed by atoms with Crippen molar-refractivity contribution < 1.29 is 14.2 Å². The Hall–Kier alpha value is -1.14. The SMILES string of the molecule is CC1CCNN=C1c1cc(F)c(OCC(C)(C)O)c(Br)c1. The van der Waals surface area contributed by atoms with Crippen molar-refractivity contribution in [2.45, 2.75) is 32.8 Å². The molecule has 0 fully saturated rings. The minimum atomic E-state index is -1.02. The number of hydrazone groups is 1. The molecule has 0 bridgehead atoms. The monoisotopic (exact) mass is 358 g/mol. The normalized spacial score (nSPS) is 19.0. The van der Waals surface area contributed by atoms with Gasteiger partial charge in [0.1, 0.15) is 6.61 Å². The van der Waals surface area contributed by atoms with Crippen molar-refractivity contribution in [3.63, 3.8) is 0 Å². The molecule has 0 amide bonds. The smallest absolute Gasteiger partial charge is 0.169 e. The molecule has 1 aromatic carbocycles. The maximum atomic E-state index is 14.3. The highest BCUT2D eigenvalue weighted by atomic mass is 79.9. The summed E-state index contributed by atoms with van der Waals surface area (Å²) < 4.78 is 20.1. The lowest BCUT2D eigenvalue weighted by atomic mass is 9.94. The van der Waals surface area contributed by atoms with E-state index in [9.17, 15) is 9.50 Å². The number of hydrogen-bond acceptors (Lipinski definition) is 4. The summed E-state index contributed by atoms with van der Waals surface area (Å²) in [5, 5.41) is 13.9. The maximum Gasteiger partial charge on any atom is 0.169 e. The quantitative estimate of drug-likeness (QED) is 0.869. The Bertz CT molecular complexity index is 532. The van der Waals surface area contributed by atoms with Crippen LogP contribution in [0.15, 0.2) is 21.7 Å². The van der Waals surface area contributed by atoms with Gasteiger partial charge in [-0.2, -0.15) is 5.10 Å². The molecule has 0 aliphatic carbocycles. The van der Waals surface area contributed by atoms with Crippen molar-refractivity contribution >= 4 is 21.6 Å². The van der Waals surface area contributed by atoms with Crippen LogP contribution in [-0.2, 0) is 0 Å². The molecular formula is C15H20BrFN2O2. The van der Waals surface area contributed by atoms with Crippen LogP contribution in [0.25, 0.3) is 0 Å². The Kier molecular flexibility index (Phi) is 4.88. The van der Waals surface area contributed by atoms with Crippen molar-refractivity contribution in [2.75, 3.05) is 13.2 Å². The van der Waals surface area contributed by atoms with Crippen LogP contribution >= 0.6 is 15.9 Å². The van der Waals surface area contributed by atoms with Crippen LogP contribution in [0.5, 0.6) is 5.75 Å². The molecule has 1 aliphatic heterocycles. The molecule has 116 valence electrons. The Morgan fingerprint density at radius 3 is 2.81 bits per heavy atom. The van der Waals surface area contributed by atoms with Gasteiger partial charge in [0.25, 0.3) is 0 Å². The molecule has 6 heteroatoms. The predicted octanol–water partition coefficient (Wildman–Crippen LogP) is 3.07. The van der Waals surface area contributed by atoms with Gasteiger partial charge >= 0.3 is 0 Å². The van der Waals surface area contributed by atoms with Gasteiger partial charge in [0.15, 0.2) is 11.6 Å². The molecule has 0 saturated heterocycles. The number of nitrogens with zero attached hydrogens (tertiary/aromatic N) is 1. The number of hydrogen-bond donors (Lipinski definition) is 2. The van der Waals surface area contributed by atoms with Gasteiger partial charge in [-0.3, -0.25) is 0 Å². The van der Waals surface area contributed by atoms with Gasteiger partial charge in [0.05, 0.1) is 15.8 Å². The first kappa shape index (κ1) is 16.2. The van der Waals surface area contributed by atoms with Gasteiger partial charge in [-0.15, -0.1) is 0 Å². The van der Waals surface area contributed by atoms with Crippen LogP contribution in [0.3, 0.4) is 0 Å². The third kappa shape index (κ3) is 4.17. The summed E-state index contributed by atoms with van der Waals surface area (Å²) in [5.41, 5.74) is 3.50. The molecule has 4 nitrogen and oxygen atoms in total. The molecule has 2 N–H and O–H groups in total. The largest absolute Gasteiger partial charge is 0.486 e. The van der Waals surface area contributed by atoms with Crippen molar-refractivity contribution in [1.82, 2.24) is 5.43 Å². The second-order valence-electron chi connectivity index (χ2n) is 5.97. The maximum absolute atomic E-state index is 14.3. The van der Waals surface area contributed by atoms with Gasteiger partial charge in [-0.1, -0.05) is 6.92 Å². The summed E-state index contributed by atoms with van der Waals surface area (Å²) >= 11 is 3.33. The molecule has 0 spiro atoms. The minimum Gasteiger partial charge on any atom is -0.486 e. The van der Waals surface area contributed by atoms with Crippen LogP contribution in [0.4, 0.5) is 4.39 Å². The Balaban J connectivity index is 2.26. The zero-order chi connectivity index (χ0) is 15.6. The number of benzene rings is 1. The van der Waals surface area contributed by atoms with E-state index in [1.807, 2.05) is 0 Å². The lowest BCUT2D eigenvalue weighted by Crippen LogP contribution is -2.28. The van der Waals surface area contributed by atoms with Gasteiger partial charge < -0.3 is 15.3 Å². The van der Waals surface area contributed by atoms with Gasteiger partial charge in [0.2, 0.25) is 0 Å². The first-order valence-corrected chi connectivity index (χ1v) is 7.72. The summed E-state index contributed by atoms with van der Waals surface area (Å²) in [6, 6.07) is 3.22. The Morgan fingerprint density at radius 2 is 2.24 bits per heavy atom. The van der Waals surface area contributed by atoms with E-state index < -0.39 is 11.4 Å².